The monoisotopic (exact) mass is 328 g/mol. The van der Waals surface area contributed by atoms with Crippen molar-refractivity contribution in [1.29, 1.82) is 0 Å². The van der Waals surface area contributed by atoms with E-state index in [2.05, 4.69) is 5.32 Å². The minimum absolute atomic E-state index is 0.277. The molecule has 1 aromatic heterocycles. The van der Waals surface area contributed by atoms with Gasteiger partial charge in [0.05, 0.1) is 16.7 Å². The topological polar surface area (TPSA) is 66.5 Å². The quantitative estimate of drug-likeness (QED) is 0.877. The van der Waals surface area contributed by atoms with Crippen LogP contribution in [0.25, 0.3) is 0 Å². The summed E-state index contributed by atoms with van der Waals surface area (Å²) in [5.41, 5.74) is 0.148. The second kappa shape index (κ2) is 5.62. The van der Waals surface area contributed by atoms with Crippen LogP contribution in [0.2, 0.25) is 0 Å². The van der Waals surface area contributed by atoms with E-state index < -0.39 is 17.4 Å². The maximum atomic E-state index is 12.3. The van der Waals surface area contributed by atoms with Gasteiger partial charge in [-0.1, -0.05) is 18.2 Å². The van der Waals surface area contributed by atoms with E-state index >= 15 is 0 Å². The van der Waals surface area contributed by atoms with E-state index in [-0.39, 0.29) is 12.5 Å². The average Bonchev–Trinajstić information content (AvgIpc) is 3.12. The molecule has 118 valence electrons. The Labute approximate surface area is 137 Å². The average molecular weight is 328 g/mol. The van der Waals surface area contributed by atoms with Gasteiger partial charge in [0, 0.05) is 4.88 Å². The molecule has 5 nitrogen and oxygen atoms in total. The number of nitrogens with zero attached hydrogens (tertiary/aromatic N) is 1. The smallest absolute Gasteiger partial charge is 0.262 e. The second-order valence-electron chi connectivity index (χ2n) is 5.89. The minimum Gasteiger partial charge on any atom is -0.345 e. The lowest BCUT2D eigenvalue weighted by atomic mass is 10.0. The fraction of sp³-hybridized carbons (Fsp3) is 0.235. The number of carbonyl (C=O) groups excluding carboxylic acids is 3. The van der Waals surface area contributed by atoms with Crippen molar-refractivity contribution in [1.82, 2.24) is 10.2 Å². The zero-order valence-electron chi connectivity index (χ0n) is 12.8. The maximum absolute atomic E-state index is 12.3. The molecule has 6 heteroatoms. The Balaban J connectivity index is 1.72. The number of thiophene rings is 1. The molecule has 0 bridgehead atoms. The molecule has 0 aliphatic carbocycles. The lowest BCUT2D eigenvalue weighted by Gasteiger charge is -2.26. The summed E-state index contributed by atoms with van der Waals surface area (Å²) in [6.45, 7) is 3.50. The van der Waals surface area contributed by atoms with E-state index in [1.807, 2.05) is 31.4 Å². The van der Waals surface area contributed by atoms with Gasteiger partial charge in [-0.05, 0) is 37.4 Å². The summed E-state index contributed by atoms with van der Waals surface area (Å²) in [4.78, 5) is 38.8. The number of amides is 3. The lowest BCUT2D eigenvalue weighted by molar-refractivity contribution is -0.123. The van der Waals surface area contributed by atoms with Crippen molar-refractivity contribution < 1.29 is 14.4 Å². The number of imide groups is 1. The van der Waals surface area contributed by atoms with Gasteiger partial charge in [0.25, 0.3) is 11.8 Å². The number of carbonyl (C=O) groups is 3. The zero-order valence-corrected chi connectivity index (χ0v) is 13.6. The van der Waals surface area contributed by atoms with Crippen LogP contribution in [0.4, 0.5) is 0 Å². The summed E-state index contributed by atoms with van der Waals surface area (Å²) < 4.78 is 0. The molecule has 23 heavy (non-hydrogen) atoms. The van der Waals surface area contributed by atoms with Crippen LogP contribution in [0.15, 0.2) is 41.8 Å². The third kappa shape index (κ3) is 2.77. The first-order valence-corrected chi connectivity index (χ1v) is 8.08. The molecule has 2 aromatic rings. The van der Waals surface area contributed by atoms with E-state index in [1.54, 1.807) is 35.6 Å². The highest BCUT2D eigenvalue weighted by Crippen LogP contribution is 2.25. The standard InChI is InChI=1S/C17H16N2O3S/c1-17(2,13-8-5-9-23-13)18-14(20)10-19-15(21)11-6-3-4-7-12(11)16(19)22/h3-9H,10H2,1-2H3,(H,18,20). The summed E-state index contributed by atoms with van der Waals surface area (Å²) in [5, 5.41) is 4.82. The third-order valence-corrected chi connectivity index (χ3v) is 4.96. The first-order valence-electron chi connectivity index (χ1n) is 7.20. The first kappa shape index (κ1) is 15.4. The molecule has 0 unspecified atom stereocenters. The van der Waals surface area contributed by atoms with Gasteiger partial charge in [0.15, 0.2) is 0 Å². The largest absolute Gasteiger partial charge is 0.345 e. The molecule has 1 N–H and O–H groups in total. The first-order chi connectivity index (χ1) is 10.9. The van der Waals surface area contributed by atoms with Gasteiger partial charge >= 0.3 is 0 Å². The Morgan fingerprint density at radius 2 is 1.70 bits per heavy atom. The van der Waals surface area contributed by atoms with Crippen molar-refractivity contribution in [2.24, 2.45) is 0 Å². The van der Waals surface area contributed by atoms with Crippen molar-refractivity contribution in [3.63, 3.8) is 0 Å². The molecule has 1 aliphatic heterocycles. The molecule has 0 radical (unpaired) electrons. The van der Waals surface area contributed by atoms with E-state index in [0.717, 1.165) is 9.78 Å². The summed E-state index contributed by atoms with van der Waals surface area (Å²) >= 11 is 1.54. The van der Waals surface area contributed by atoms with Gasteiger partial charge in [-0.15, -0.1) is 11.3 Å². The number of hydrogen-bond acceptors (Lipinski definition) is 4. The van der Waals surface area contributed by atoms with Gasteiger partial charge in [0.2, 0.25) is 5.91 Å². The van der Waals surface area contributed by atoms with E-state index in [0.29, 0.717) is 11.1 Å². The SMILES string of the molecule is CC(C)(NC(=O)CN1C(=O)c2ccccc2C1=O)c1cccs1. The number of hydrogen-bond donors (Lipinski definition) is 1. The zero-order chi connectivity index (χ0) is 16.6. The van der Waals surface area contributed by atoms with Crippen LogP contribution in [0.1, 0.15) is 39.4 Å². The lowest BCUT2D eigenvalue weighted by Crippen LogP contribution is -2.47. The van der Waals surface area contributed by atoms with Crippen LogP contribution in [-0.4, -0.2) is 29.2 Å². The Kier molecular flexibility index (Phi) is 3.77. The van der Waals surface area contributed by atoms with Gasteiger partial charge in [-0.3, -0.25) is 19.3 Å². The van der Waals surface area contributed by atoms with Crippen LogP contribution in [0, 0.1) is 0 Å². The predicted molar refractivity (Wildman–Crippen MR) is 87.3 cm³/mol. The number of benzene rings is 1. The van der Waals surface area contributed by atoms with Gasteiger partial charge < -0.3 is 5.32 Å². The minimum atomic E-state index is -0.552. The van der Waals surface area contributed by atoms with Crippen LogP contribution < -0.4 is 5.32 Å². The second-order valence-corrected chi connectivity index (χ2v) is 6.84. The van der Waals surface area contributed by atoms with Gasteiger partial charge in [0.1, 0.15) is 6.54 Å². The van der Waals surface area contributed by atoms with E-state index in [9.17, 15) is 14.4 Å². The summed E-state index contributed by atoms with van der Waals surface area (Å²) in [7, 11) is 0. The number of rotatable bonds is 4. The fourth-order valence-electron chi connectivity index (χ4n) is 2.61. The van der Waals surface area contributed by atoms with Gasteiger partial charge in [-0.2, -0.15) is 0 Å². The highest BCUT2D eigenvalue weighted by Gasteiger charge is 2.37. The highest BCUT2D eigenvalue weighted by atomic mass is 32.1. The van der Waals surface area contributed by atoms with Crippen molar-refractivity contribution in [2.75, 3.05) is 6.54 Å². The van der Waals surface area contributed by atoms with Crippen molar-refractivity contribution in [3.8, 4) is 0 Å². The van der Waals surface area contributed by atoms with E-state index in [1.165, 1.54) is 0 Å². The molecule has 0 saturated carbocycles. The Bertz CT molecular complexity index is 746. The molecular weight excluding hydrogens is 312 g/mol. The summed E-state index contributed by atoms with van der Waals surface area (Å²) in [5.74, 6) is -1.21. The Hall–Kier alpha value is -2.47. The van der Waals surface area contributed by atoms with Crippen molar-refractivity contribution in [2.45, 2.75) is 19.4 Å². The highest BCUT2D eigenvalue weighted by molar-refractivity contribution is 7.10. The molecule has 1 aliphatic rings. The molecule has 0 fully saturated rings. The van der Waals surface area contributed by atoms with Crippen LogP contribution >= 0.6 is 11.3 Å². The van der Waals surface area contributed by atoms with Crippen LogP contribution in [0.3, 0.4) is 0 Å². The fourth-order valence-corrected chi connectivity index (χ4v) is 3.42. The van der Waals surface area contributed by atoms with Crippen molar-refractivity contribution in [3.05, 3.63) is 57.8 Å². The molecular formula is C17H16N2O3S. The molecule has 2 heterocycles. The third-order valence-electron chi connectivity index (χ3n) is 3.77. The maximum Gasteiger partial charge on any atom is 0.262 e. The molecule has 3 rings (SSSR count). The summed E-state index contributed by atoms with van der Waals surface area (Å²) in [6.07, 6.45) is 0. The Morgan fingerprint density at radius 3 is 2.22 bits per heavy atom. The van der Waals surface area contributed by atoms with E-state index in [4.69, 9.17) is 0 Å². The Morgan fingerprint density at radius 1 is 1.09 bits per heavy atom. The van der Waals surface area contributed by atoms with Crippen LogP contribution in [0.5, 0.6) is 0 Å². The molecule has 1 aromatic carbocycles. The normalized spacial score (nSPS) is 14.1. The number of fused-ring (bicyclic) bond motifs is 1. The molecule has 0 spiro atoms. The number of nitrogens with one attached hydrogen (secondary N) is 1. The summed E-state index contributed by atoms with van der Waals surface area (Å²) in [6, 6.07) is 10.5. The van der Waals surface area contributed by atoms with Gasteiger partial charge in [-0.25, -0.2) is 0 Å². The molecule has 3 amide bonds. The molecule has 0 atom stereocenters. The predicted octanol–water partition coefficient (Wildman–Crippen LogP) is 2.40. The van der Waals surface area contributed by atoms with Crippen LogP contribution in [-0.2, 0) is 10.3 Å². The van der Waals surface area contributed by atoms with Crippen molar-refractivity contribution >= 4 is 29.1 Å². The molecule has 0 saturated heterocycles.